The minimum atomic E-state index is 0.0562. The number of fused-ring (bicyclic) bond motifs is 1. The third kappa shape index (κ3) is 2.74. The number of carbonyl (C=O) groups is 1. The van der Waals surface area contributed by atoms with Crippen LogP contribution in [0, 0.1) is 0 Å². The maximum absolute atomic E-state index is 13.3. The quantitative estimate of drug-likeness (QED) is 0.721. The first kappa shape index (κ1) is 15.6. The third-order valence-electron chi connectivity index (χ3n) is 4.92. The molecule has 126 valence electrons. The fraction of sp³-hybridized carbons (Fsp3) is 0.238. The van der Waals surface area contributed by atoms with Gasteiger partial charge in [-0.3, -0.25) is 9.78 Å². The molecule has 1 aliphatic heterocycles. The highest BCUT2D eigenvalue weighted by Gasteiger charge is 2.32. The van der Waals surface area contributed by atoms with Crippen molar-refractivity contribution >= 4 is 16.7 Å². The van der Waals surface area contributed by atoms with E-state index in [2.05, 4.69) is 11.1 Å². The van der Waals surface area contributed by atoms with E-state index in [4.69, 9.17) is 4.74 Å². The van der Waals surface area contributed by atoms with E-state index in [1.54, 1.807) is 19.5 Å². The smallest absolute Gasteiger partial charge is 0.255 e. The standard InChI is InChI=1S/C21H20N2O2/c1-25-20-10-3-2-7-18(20)19-9-5-13-23(19)21(24)17-8-4-6-15-14-22-12-11-16(15)17/h2-4,6-8,10-12,14,19H,5,9,13H2,1H3/t19-/m0/s1. The van der Waals surface area contributed by atoms with Gasteiger partial charge in [-0.1, -0.05) is 30.3 Å². The number of hydrogen-bond donors (Lipinski definition) is 0. The fourth-order valence-electron chi connectivity index (χ4n) is 3.74. The van der Waals surface area contributed by atoms with Crippen LogP contribution in [-0.2, 0) is 0 Å². The summed E-state index contributed by atoms with van der Waals surface area (Å²) in [6.45, 7) is 0.767. The van der Waals surface area contributed by atoms with Crippen LogP contribution in [0.2, 0.25) is 0 Å². The van der Waals surface area contributed by atoms with Gasteiger partial charge in [-0.05, 0) is 36.4 Å². The van der Waals surface area contributed by atoms with Crippen molar-refractivity contribution < 1.29 is 9.53 Å². The largest absolute Gasteiger partial charge is 0.496 e. The van der Waals surface area contributed by atoms with Gasteiger partial charge in [0.25, 0.3) is 5.91 Å². The summed E-state index contributed by atoms with van der Waals surface area (Å²) in [5.41, 5.74) is 1.82. The Morgan fingerprint density at radius 1 is 1.16 bits per heavy atom. The van der Waals surface area contributed by atoms with Gasteiger partial charge in [-0.15, -0.1) is 0 Å². The third-order valence-corrected chi connectivity index (χ3v) is 4.92. The van der Waals surface area contributed by atoms with E-state index in [1.165, 1.54) is 0 Å². The van der Waals surface area contributed by atoms with E-state index in [9.17, 15) is 4.79 Å². The molecule has 1 amide bonds. The minimum absolute atomic E-state index is 0.0562. The van der Waals surface area contributed by atoms with E-state index in [1.807, 2.05) is 47.4 Å². The Morgan fingerprint density at radius 3 is 2.92 bits per heavy atom. The molecular weight excluding hydrogens is 312 g/mol. The molecule has 1 saturated heterocycles. The van der Waals surface area contributed by atoms with E-state index < -0.39 is 0 Å². The number of methoxy groups -OCH3 is 1. The fourth-order valence-corrected chi connectivity index (χ4v) is 3.74. The molecule has 0 unspecified atom stereocenters. The summed E-state index contributed by atoms with van der Waals surface area (Å²) < 4.78 is 5.52. The van der Waals surface area contributed by atoms with Crippen LogP contribution in [0.5, 0.6) is 5.75 Å². The van der Waals surface area contributed by atoms with Crippen molar-refractivity contribution in [3.63, 3.8) is 0 Å². The molecule has 1 aliphatic rings. The number of para-hydroxylation sites is 1. The lowest BCUT2D eigenvalue weighted by Crippen LogP contribution is -2.30. The van der Waals surface area contributed by atoms with Gasteiger partial charge >= 0.3 is 0 Å². The zero-order chi connectivity index (χ0) is 17.2. The number of benzene rings is 2. The average Bonchev–Trinajstić information content (AvgIpc) is 3.16. The van der Waals surface area contributed by atoms with E-state index in [0.717, 1.165) is 47.0 Å². The molecule has 1 fully saturated rings. The van der Waals surface area contributed by atoms with Crippen molar-refractivity contribution in [3.8, 4) is 5.75 Å². The summed E-state index contributed by atoms with van der Waals surface area (Å²) in [6.07, 6.45) is 5.49. The molecule has 0 radical (unpaired) electrons. The normalized spacial score (nSPS) is 17.0. The van der Waals surface area contributed by atoms with Crippen LogP contribution >= 0.6 is 0 Å². The number of carbonyl (C=O) groups excluding carboxylic acids is 1. The lowest BCUT2D eigenvalue weighted by Gasteiger charge is -2.27. The maximum Gasteiger partial charge on any atom is 0.255 e. The van der Waals surface area contributed by atoms with Gasteiger partial charge in [0.05, 0.1) is 13.2 Å². The van der Waals surface area contributed by atoms with E-state index in [-0.39, 0.29) is 11.9 Å². The summed E-state index contributed by atoms with van der Waals surface area (Å²) in [5.74, 6) is 0.916. The van der Waals surface area contributed by atoms with Crippen LogP contribution in [0.1, 0.15) is 34.8 Å². The predicted molar refractivity (Wildman–Crippen MR) is 97.7 cm³/mol. The average molecular weight is 332 g/mol. The number of hydrogen-bond acceptors (Lipinski definition) is 3. The van der Waals surface area contributed by atoms with Crippen molar-refractivity contribution in [1.82, 2.24) is 9.88 Å². The number of ether oxygens (including phenoxy) is 1. The molecule has 1 atom stereocenters. The Bertz CT molecular complexity index is 917. The number of likely N-dealkylation sites (tertiary alicyclic amines) is 1. The number of rotatable bonds is 3. The molecular formula is C21H20N2O2. The highest BCUT2D eigenvalue weighted by molar-refractivity contribution is 6.07. The van der Waals surface area contributed by atoms with Gasteiger partial charge in [-0.25, -0.2) is 0 Å². The highest BCUT2D eigenvalue weighted by atomic mass is 16.5. The summed E-state index contributed by atoms with van der Waals surface area (Å²) in [4.78, 5) is 19.4. The molecule has 4 nitrogen and oxygen atoms in total. The van der Waals surface area contributed by atoms with Crippen LogP contribution in [-0.4, -0.2) is 29.4 Å². The monoisotopic (exact) mass is 332 g/mol. The van der Waals surface area contributed by atoms with Crippen LogP contribution in [0.3, 0.4) is 0 Å². The van der Waals surface area contributed by atoms with Gasteiger partial charge in [0.15, 0.2) is 0 Å². The molecule has 2 heterocycles. The predicted octanol–water partition coefficient (Wildman–Crippen LogP) is 4.22. The second kappa shape index (κ2) is 6.55. The molecule has 0 spiro atoms. The molecule has 4 heteroatoms. The molecule has 3 aromatic rings. The Balaban J connectivity index is 1.74. The number of pyridine rings is 1. The van der Waals surface area contributed by atoms with Crippen molar-refractivity contribution in [1.29, 1.82) is 0 Å². The minimum Gasteiger partial charge on any atom is -0.496 e. The molecule has 0 aliphatic carbocycles. The Hall–Kier alpha value is -2.88. The zero-order valence-corrected chi connectivity index (χ0v) is 14.2. The topological polar surface area (TPSA) is 42.4 Å². The second-order valence-corrected chi connectivity index (χ2v) is 6.30. The van der Waals surface area contributed by atoms with Crippen molar-refractivity contribution in [2.24, 2.45) is 0 Å². The summed E-state index contributed by atoms with van der Waals surface area (Å²) in [7, 11) is 1.68. The van der Waals surface area contributed by atoms with E-state index in [0.29, 0.717) is 0 Å². The first-order valence-electron chi connectivity index (χ1n) is 8.56. The molecule has 0 saturated carbocycles. The molecule has 1 aromatic heterocycles. The number of amides is 1. The summed E-state index contributed by atoms with van der Waals surface area (Å²) in [6, 6.07) is 15.8. The van der Waals surface area contributed by atoms with Crippen LogP contribution in [0.4, 0.5) is 0 Å². The Labute approximate surface area is 147 Å². The SMILES string of the molecule is COc1ccccc1[C@@H]1CCCN1C(=O)c1cccc2cnccc12. The molecule has 4 rings (SSSR count). The van der Waals surface area contributed by atoms with Crippen LogP contribution in [0.25, 0.3) is 10.8 Å². The molecule has 0 bridgehead atoms. The lowest BCUT2D eigenvalue weighted by atomic mass is 10.0. The van der Waals surface area contributed by atoms with Gasteiger partial charge < -0.3 is 9.64 Å². The number of aromatic nitrogens is 1. The van der Waals surface area contributed by atoms with Crippen molar-refractivity contribution in [2.45, 2.75) is 18.9 Å². The second-order valence-electron chi connectivity index (χ2n) is 6.30. The van der Waals surface area contributed by atoms with E-state index >= 15 is 0 Å². The van der Waals surface area contributed by atoms with Gasteiger partial charge in [0.1, 0.15) is 5.75 Å². The van der Waals surface area contributed by atoms with Crippen LogP contribution < -0.4 is 4.74 Å². The van der Waals surface area contributed by atoms with Gasteiger partial charge in [0.2, 0.25) is 0 Å². The Morgan fingerprint density at radius 2 is 2.04 bits per heavy atom. The van der Waals surface area contributed by atoms with Crippen molar-refractivity contribution in [3.05, 3.63) is 72.1 Å². The summed E-state index contributed by atoms with van der Waals surface area (Å²) in [5, 5.41) is 1.94. The first-order chi connectivity index (χ1) is 12.3. The molecule has 2 aromatic carbocycles. The number of nitrogens with zero attached hydrogens (tertiary/aromatic N) is 2. The lowest BCUT2D eigenvalue weighted by molar-refractivity contribution is 0.0736. The van der Waals surface area contributed by atoms with Gasteiger partial charge in [0, 0.05) is 35.5 Å². The highest BCUT2D eigenvalue weighted by Crippen LogP contribution is 2.38. The van der Waals surface area contributed by atoms with Gasteiger partial charge in [-0.2, -0.15) is 0 Å². The zero-order valence-electron chi connectivity index (χ0n) is 14.2. The maximum atomic E-state index is 13.3. The Kier molecular flexibility index (Phi) is 4.10. The van der Waals surface area contributed by atoms with Crippen molar-refractivity contribution in [2.75, 3.05) is 13.7 Å². The summed E-state index contributed by atoms with van der Waals surface area (Å²) >= 11 is 0. The van der Waals surface area contributed by atoms with Crippen LogP contribution in [0.15, 0.2) is 60.9 Å². The first-order valence-corrected chi connectivity index (χ1v) is 8.56. The molecule has 25 heavy (non-hydrogen) atoms. The molecule has 0 N–H and O–H groups in total.